The van der Waals surface area contributed by atoms with Gasteiger partial charge in [-0.1, -0.05) is 18.2 Å². The van der Waals surface area contributed by atoms with Crippen LogP contribution in [-0.2, 0) is 7.05 Å². The zero-order valence-electron chi connectivity index (χ0n) is 9.05. The third kappa shape index (κ3) is 2.28. The van der Waals surface area contributed by atoms with Crippen molar-refractivity contribution in [3.8, 4) is 0 Å². The molecule has 82 valence electrons. The first-order chi connectivity index (χ1) is 7.77. The monoisotopic (exact) mass is 215 g/mol. The van der Waals surface area contributed by atoms with E-state index in [2.05, 4.69) is 10.4 Å². The van der Waals surface area contributed by atoms with E-state index in [4.69, 9.17) is 0 Å². The van der Waals surface area contributed by atoms with Crippen LogP contribution in [-0.4, -0.2) is 22.1 Å². The third-order valence-electron chi connectivity index (χ3n) is 2.33. The molecule has 2 rings (SSSR count). The predicted octanol–water partition coefficient (Wildman–Crippen LogP) is 1.71. The molecule has 0 unspecified atom stereocenters. The van der Waals surface area contributed by atoms with Gasteiger partial charge in [0.15, 0.2) is 5.78 Å². The number of para-hydroxylation sites is 1. The molecular formula is C12H13N3O. The molecule has 0 amide bonds. The van der Waals surface area contributed by atoms with Crippen molar-refractivity contribution in [3.63, 3.8) is 0 Å². The van der Waals surface area contributed by atoms with Crippen LogP contribution < -0.4 is 5.32 Å². The SMILES string of the molecule is Cn1nccc1C(=O)CNc1ccccc1. The van der Waals surface area contributed by atoms with Gasteiger partial charge in [0.2, 0.25) is 0 Å². The standard InChI is InChI=1S/C12H13N3O/c1-15-11(7-8-14-15)12(16)9-13-10-5-3-2-4-6-10/h2-8,13H,9H2,1H3. The molecule has 0 radical (unpaired) electrons. The fraction of sp³-hybridized carbons (Fsp3) is 0.167. The lowest BCUT2D eigenvalue weighted by molar-refractivity contribution is 0.0997. The Labute approximate surface area is 93.9 Å². The molecule has 0 saturated carbocycles. The number of Topliss-reactive ketones (excluding diaryl/α,β-unsaturated/α-hetero) is 1. The lowest BCUT2D eigenvalue weighted by Gasteiger charge is -2.05. The molecule has 16 heavy (non-hydrogen) atoms. The Morgan fingerprint density at radius 2 is 2.06 bits per heavy atom. The number of benzene rings is 1. The lowest BCUT2D eigenvalue weighted by Crippen LogP contribution is -2.17. The third-order valence-corrected chi connectivity index (χ3v) is 2.33. The van der Waals surface area contributed by atoms with Crippen LogP contribution in [0.15, 0.2) is 42.6 Å². The van der Waals surface area contributed by atoms with E-state index in [0.29, 0.717) is 5.69 Å². The van der Waals surface area contributed by atoms with Crippen LogP contribution in [0.2, 0.25) is 0 Å². The molecule has 0 spiro atoms. The van der Waals surface area contributed by atoms with E-state index in [1.807, 2.05) is 30.3 Å². The average molecular weight is 215 g/mol. The van der Waals surface area contributed by atoms with Crippen molar-refractivity contribution in [1.29, 1.82) is 0 Å². The van der Waals surface area contributed by atoms with Crippen LogP contribution in [0.1, 0.15) is 10.5 Å². The Balaban J connectivity index is 1.97. The second kappa shape index (κ2) is 4.61. The molecular weight excluding hydrogens is 202 g/mol. The first-order valence-corrected chi connectivity index (χ1v) is 5.07. The summed E-state index contributed by atoms with van der Waals surface area (Å²) in [5.74, 6) is 0.0313. The highest BCUT2D eigenvalue weighted by Crippen LogP contribution is 2.05. The smallest absolute Gasteiger partial charge is 0.199 e. The summed E-state index contributed by atoms with van der Waals surface area (Å²) in [6, 6.07) is 11.4. The van der Waals surface area contributed by atoms with Gasteiger partial charge in [0.25, 0.3) is 0 Å². The zero-order chi connectivity index (χ0) is 11.4. The number of rotatable bonds is 4. The van der Waals surface area contributed by atoms with Crippen LogP contribution >= 0.6 is 0 Å². The van der Waals surface area contributed by atoms with Crippen molar-refractivity contribution >= 4 is 11.5 Å². The molecule has 2 aromatic rings. The molecule has 4 heteroatoms. The van der Waals surface area contributed by atoms with Gasteiger partial charge in [0, 0.05) is 18.9 Å². The second-order valence-electron chi connectivity index (χ2n) is 3.48. The first-order valence-electron chi connectivity index (χ1n) is 5.07. The summed E-state index contributed by atoms with van der Waals surface area (Å²) in [6.07, 6.45) is 1.62. The summed E-state index contributed by atoms with van der Waals surface area (Å²) in [7, 11) is 1.76. The van der Waals surface area contributed by atoms with E-state index in [0.717, 1.165) is 5.69 Å². The van der Waals surface area contributed by atoms with Gasteiger partial charge in [0.1, 0.15) is 5.69 Å². The van der Waals surface area contributed by atoms with Gasteiger partial charge in [-0.25, -0.2) is 0 Å². The van der Waals surface area contributed by atoms with Crippen LogP contribution in [0.5, 0.6) is 0 Å². The molecule has 1 aromatic heterocycles. The van der Waals surface area contributed by atoms with E-state index >= 15 is 0 Å². The summed E-state index contributed by atoms with van der Waals surface area (Å²) in [6.45, 7) is 0.281. The van der Waals surface area contributed by atoms with E-state index < -0.39 is 0 Å². The van der Waals surface area contributed by atoms with E-state index in [1.54, 1.807) is 24.0 Å². The van der Waals surface area contributed by atoms with Crippen LogP contribution in [0.25, 0.3) is 0 Å². The molecule has 0 aliphatic carbocycles. The number of carbonyl (C=O) groups is 1. The summed E-state index contributed by atoms with van der Waals surface area (Å²) >= 11 is 0. The molecule has 1 aromatic carbocycles. The molecule has 0 atom stereocenters. The number of anilines is 1. The first kappa shape index (κ1) is 10.4. The van der Waals surface area contributed by atoms with Crippen molar-refractivity contribution in [1.82, 2.24) is 9.78 Å². The number of aryl methyl sites for hydroxylation is 1. The molecule has 0 aliphatic rings. The minimum atomic E-state index is 0.0313. The molecule has 0 bridgehead atoms. The molecule has 1 heterocycles. The fourth-order valence-corrected chi connectivity index (χ4v) is 1.48. The van der Waals surface area contributed by atoms with Gasteiger partial charge in [-0.2, -0.15) is 5.10 Å². The van der Waals surface area contributed by atoms with Gasteiger partial charge >= 0.3 is 0 Å². The lowest BCUT2D eigenvalue weighted by atomic mass is 10.2. The maximum atomic E-state index is 11.8. The van der Waals surface area contributed by atoms with E-state index in [9.17, 15) is 4.79 Å². The Bertz CT molecular complexity index is 476. The van der Waals surface area contributed by atoms with Crippen LogP contribution in [0.4, 0.5) is 5.69 Å². The normalized spacial score (nSPS) is 10.1. The molecule has 0 saturated heterocycles. The predicted molar refractivity (Wildman–Crippen MR) is 62.5 cm³/mol. The molecule has 0 aliphatic heterocycles. The highest BCUT2D eigenvalue weighted by molar-refractivity contribution is 5.97. The largest absolute Gasteiger partial charge is 0.378 e. The highest BCUT2D eigenvalue weighted by atomic mass is 16.1. The number of hydrogen-bond donors (Lipinski definition) is 1. The van der Waals surface area contributed by atoms with Crippen molar-refractivity contribution in [2.75, 3.05) is 11.9 Å². The van der Waals surface area contributed by atoms with E-state index in [-0.39, 0.29) is 12.3 Å². The number of nitrogens with zero attached hydrogens (tertiary/aromatic N) is 2. The van der Waals surface area contributed by atoms with E-state index in [1.165, 1.54) is 0 Å². The average Bonchev–Trinajstić information content (AvgIpc) is 2.74. The zero-order valence-corrected chi connectivity index (χ0v) is 9.05. The highest BCUT2D eigenvalue weighted by Gasteiger charge is 2.08. The molecule has 0 fully saturated rings. The Kier molecular flexibility index (Phi) is 3.00. The number of aromatic nitrogens is 2. The van der Waals surface area contributed by atoms with Crippen LogP contribution in [0, 0.1) is 0 Å². The van der Waals surface area contributed by atoms with Gasteiger partial charge in [-0.15, -0.1) is 0 Å². The van der Waals surface area contributed by atoms with Crippen molar-refractivity contribution in [2.45, 2.75) is 0 Å². The van der Waals surface area contributed by atoms with Crippen molar-refractivity contribution in [2.24, 2.45) is 7.05 Å². The fourth-order valence-electron chi connectivity index (χ4n) is 1.48. The van der Waals surface area contributed by atoms with Crippen LogP contribution in [0.3, 0.4) is 0 Å². The maximum Gasteiger partial charge on any atom is 0.199 e. The summed E-state index contributed by atoms with van der Waals surface area (Å²) in [4.78, 5) is 11.8. The number of carbonyl (C=O) groups excluding carboxylic acids is 1. The summed E-state index contributed by atoms with van der Waals surface area (Å²) in [5.41, 5.74) is 1.56. The number of hydrogen-bond acceptors (Lipinski definition) is 3. The Hall–Kier alpha value is -2.10. The quantitative estimate of drug-likeness (QED) is 0.790. The number of nitrogens with one attached hydrogen (secondary N) is 1. The topological polar surface area (TPSA) is 46.9 Å². The second-order valence-corrected chi connectivity index (χ2v) is 3.48. The van der Waals surface area contributed by atoms with Crippen molar-refractivity contribution in [3.05, 3.63) is 48.3 Å². The molecule has 1 N–H and O–H groups in total. The minimum Gasteiger partial charge on any atom is -0.378 e. The Morgan fingerprint density at radius 1 is 1.31 bits per heavy atom. The van der Waals surface area contributed by atoms with Gasteiger partial charge in [0.05, 0.1) is 6.54 Å². The van der Waals surface area contributed by atoms with Crippen molar-refractivity contribution < 1.29 is 4.79 Å². The Morgan fingerprint density at radius 3 is 2.69 bits per heavy atom. The van der Waals surface area contributed by atoms with Gasteiger partial charge in [-0.05, 0) is 18.2 Å². The maximum absolute atomic E-state index is 11.8. The minimum absolute atomic E-state index is 0.0313. The number of ketones is 1. The van der Waals surface area contributed by atoms with Gasteiger partial charge in [-0.3, -0.25) is 9.48 Å². The van der Waals surface area contributed by atoms with Gasteiger partial charge < -0.3 is 5.32 Å². The molecule has 4 nitrogen and oxygen atoms in total. The summed E-state index contributed by atoms with van der Waals surface area (Å²) in [5, 5.41) is 7.03. The summed E-state index contributed by atoms with van der Waals surface area (Å²) < 4.78 is 1.58.